The van der Waals surface area contributed by atoms with Gasteiger partial charge in [-0.05, 0) is 224 Å². The number of amides is 6. The van der Waals surface area contributed by atoms with Crippen molar-refractivity contribution in [3.63, 3.8) is 0 Å². The molecule has 7 aromatic heterocycles. The second kappa shape index (κ2) is 43.8. The fourth-order valence-corrected chi connectivity index (χ4v) is 21.8. The summed E-state index contributed by atoms with van der Waals surface area (Å²) in [6.07, 6.45) is 33.9. The van der Waals surface area contributed by atoms with Crippen molar-refractivity contribution in [2.45, 2.75) is 224 Å². The zero-order chi connectivity index (χ0) is 102. The number of imidazole rings is 4. The number of carbonyl (C=O) groups is 6. The first-order chi connectivity index (χ1) is 71.4. The Hall–Kier alpha value is -15.6. The summed E-state index contributed by atoms with van der Waals surface area (Å²) in [5, 5.41) is 8.56. The summed E-state index contributed by atoms with van der Waals surface area (Å²) < 4.78 is 20.8. The number of hydrogen-bond donors (Lipinski definition) is 6. The van der Waals surface area contributed by atoms with Gasteiger partial charge in [-0.1, -0.05) is 193 Å². The Bertz CT molecular complexity index is 7300. The fraction of sp³-hybridized carbons (Fsp3) is 0.364. The number of nitrogens with one attached hydrogen (secondary N) is 6. The van der Waals surface area contributed by atoms with Crippen LogP contribution in [0.4, 0.5) is 19.2 Å². The van der Waals surface area contributed by atoms with E-state index in [0.717, 1.165) is 226 Å². The molecule has 2 aliphatic carbocycles. The first-order valence-corrected chi connectivity index (χ1v) is 51.9. The molecule has 754 valence electrons. The number of likely N-dealkylation sites (tertiary alicyclic amines) is 4. The van der Waals surface area contributed by atoms with Gasteiger partial charge in [-0.25, -0.2) is 39.1 Å². The second-order valence-corrected chi connectivity index (χ2v) is 41.5. The lowest BCUT2D eigenvalue weighted by Gasteiger charge is -2.30. The van der Waals surface area contributed by atoms with Gasteiger partial charge in [0.2, 0.25) is 11.8 Å². The van der Waals surface area contributed by atoms with Crippen LogP contribution < -0.4 is 10.6 Å². The van der Waals surface area contributed by atoms with E-state index in [-0.39, 0.29) is 66.6 Å². The highest BCUT2D eigenvalue weighted by atomic mass is 16.6. The zero-order valence-corrected chi connectivity index (χ0v) is 84.9. The molecule has 6 aliphatic heterocycles. The maximum absolute atomic E-state index is 13.6. The Morgan fingerprint density at radius 3 is 1.09 bits per heavy atom. The van der Waals surface area contributed by atoms with Gasteiger partial charge in [0.25, 0.3) is 0 Å². The van der Waals surface area contributed by atoms with Crippen molar-refractivity contribution in [3.05, 3.63) is 272 Å². The van der Waals surface area contributed by atoms with E-state index in [1.165, 1.54) is 65.6 Å². The molecule has 14 aromatic rings. The number of ether oxygens (including phenoxy) is 4. The van der Waals surface area contributed by atoms with Gasteiger partial charge in [-0.2, -0.15) is 0 Å². The van der Waals surface area contributed by atoms with E-state index in [2.05, 4.69) is 184 Å². The van der Waals surface area contributed by atoms with Crippen molar-refractivity contribution in [2.24, 2.45) is 21.8 Å². The maximum atomic E-state index is 13.6. The molecule has 13 heterocycles. The van der Waals surface area contributed by atoms with Crippen LogP contribution in [0.5, 0.6) is 0 Å². The van der Waals surface area contributed by atoms with Crippen molar-refractivity contribution in [1.29, 1.82) is 0 Å². The molecule has 0 spiro atoms. The van der Waals surface area contributed by atoms with Crippen LogP contribution >= 0.6 is 0 Å². The molecule has 6 fully saturated rings. The normalized spacial score (nSPS) is 18.4. The number of methoxy groups -OCH3 is 2. The SMILES string of the molecule is CC(C)(C)OC(=O)N1CCC[C@@H]1C1=NC=C(c2cnc3cc(-c4ccc(-c5cnc(C6CCCC6)[nH]5)cc4)ccc3c2)C1.COC(=O)N[C@H](C(=O)N1CCC[C@H]1c1ncc(-c2ccc(-c3ccc4cc(-c5cnc([C@@H]6CCCN6C(=O)[C@@H](NC(=O)OC)C(C)C)[nH]5)cnc4c3)cc2)[nH]1)C(C)C.O=C(OCc1ccccc1)N1CCC[C@@H]1C1=NC=C(c2cnc3cc(-c4ccc(-c5cnc(C6CCCC6)[nH]5)cc4)ccc3c2)C1. The van der Waals surface area contributed by atoms with Crippen LogP contribution in [0, 0.1) is 11.8 Å². The van der Waals surface area contributed by atoms with Gasteiger partial charge in [0, 0.05) is 115 Å². The molecule has 7 aromatic carbocycles. The third-order valence-corrected chi connectivity index (χ3v) is 29.9. The molecule has 2 saturated carbocycles. The molecule has 4 saturated heterocycles. The largest absolute Gasteiger partial charge is 0.453 e. The van der Waals surface area contributed by atoms with E-state index in [0.29, 0.717) is 50.3 Å². The van der Waals surface area contributed by atoms with Gasteiger partial charge < -0.3 is 59.3 Å². The molecule has 0 radical (unpaired) electrons. The number of H-pyrrole nitrogens is 4. The van der Waals surface area contributed by atoms with E-state index in [4.69, 9.17) is 43.9 Å². The summed E-state index contributed by atoms with van der Waals surface area (Å²) in [5.74, 6) is 4.34. The van der Waals surface area contributed by atoms with E-state index < -0.39 is 29.9 Å². The highest BCUT2D eigenvalue weighted by Crippen LogP contribution is 2.43. The lowest BCUT2D eigenvalue weighted by molar-refractivity contribution is -0.136. The number of aromatic nitrogens is 11. The van der Waals surface area contributed by atoms with Gasteiger partial charge >= 0.3 is 24.4 Å². The first kappa shape index (κ1) is 98.8. The molecule has 6 amide bonds. The lowest BCUT2D eigenvalue weighted by Crippen LogP contribution is -2.51. The third kappa shape index (κ3) is 22.3. The van der Waals surface area contributed by atoms with Crippen LogP contribution in [0.2, 0.25) is 0 Å². The first-order valence-electron chi connectivity index (χ1n) is 51.9. The average Bonchev–Trinajstić information content (AvgIpc) is 1.64. The lowest BCUT2D eigenvalue weighted by atomic mass is 9.97. The third-order valence-electron chi connectivity index (χ3n) is 29.9. The number of nitrogens with zero attached hydrogens (tertiary/aromatic N) is 13. The Morgan fingerprint density at radius 1 is 0.361 bits per heavy atom. The zero-order valence-electron chi connectivity index (χ0n) is 84.9. The van der Waals surface area contributed by atoms with Crippen LogP contribution in [0.3, 0.4) is 0 Å². The number of rotatable bonds is 23. The number of alkyl carbamates (subject to hydrolysis) is 2. The topological polar surface area (TPSA) is 354 Å². The molecule has 22 rings (SSSR count). The van der Waals surface area contributed by atoms with Gasteiger partial charge in [-0.15, -0.1) is 0 Å². The highest BCUT2D eigenvalue weighted by Gasteiger charge is 2.42. The summed E-state index contributed by atoms with van der Waals surface area (Å²) in [4.78, 5) is 141. The van der Waals surface area contributed by atoms with E-state index in [1.807, 2.05) is 144 Å². The fourth-order valence-electron chi connectivity index (χ4n) is 21.8. The van der Waals surface area contributed by atoms with Crippen molar-refractivity contribution < 1.29 is 47.7 Å². The molecule has 8 aliphatic rings. The molecule has 29 heteroatoms. The molecule has 6 N–H and O–H groups in total. The van der Waals surface area contributed by atoms with Gasteiger partial charge in [0.15, 0.2) is 0 Å². The Morgan fingerprint density at radius 2 is 0.701 bits per heavy atom. The second-order valence-electron chi connectivity index (χ2n) is 41.5. The van der Waals surface area contributed by atoms with Crippen LogP contribution in [-0.4, -0.2) is 192 Å². The van der Waals surface area contributed by atoms with Crippen LogP contribution in [0.25, 0.3) is 122 Å². The minimum absolute atomic E-state index is 0.00595. The average molecular weight is 1970 g/mol. The minimum atomic E-state index is -0.698. The monoisotopic (exact) mass is 1970 g/mol. The van der Waals surface area contributed by atoms with Crippen LogP contribution in [0.1, 0.15) is 228 Å². The number of fused-ring (bicyclic) bond motifs is 3. The van der Waals surface area contributed by atoms with E-state index >= 15 is 0 Å². The van der Waals surface area contributed by atoms with Crippen LogP contribution in [-0.2, 0) is 35.1 Å². The number of aromatic amines is 4. The van der Waals surface area contributed by atoms with Gasteiger partial charge in [0.05, 0.1) is 103 Å². The molecule has 147 heavy (non-hydrogen) atoms. The Balaban J connectivity index is 0.000000136. The van der Waals surface area contributed by atoms with Crippen molar-refractivity contribution in [2.75, 3.05) is 40.4 Å². The van der Waals surface area contributed by atoms with E-state index in [1.54, 1.807) is 22.2 Å². The summed E-state index contributed by atoms with van der Waals surface area (Å²) in [6.45, 7) is 16.2. The number of aliphatic imine (C=N–C) groups is 2. The van der Waals surface area contributed by atoms with Gasteiger partial charge in [0.1, 0.15) is 47.6 Å². The van der Waals surface area contributed by atoms with Crippen LogP contribution in [0.15, 0.2) is 242 Å². The number of hydrogen-bond acceptors (Lipinski definition) is 19. The summed E-state index contributed by atoms with van der Waals surface area (Å²) in [6, 6.07) is 59.2. The molecule has 6 atom stereocenters. The number of pyridine rings is 3. The maximum Gasteiger partial charge on any atom is 0.410 e. The number of carbonyl (C=O) groups excluding carboxylic acids is 6. The Kier molecular flexibility index (Phi) is 29.4. The number of benzene rings is 7. The summed E-state index contributed by atoms with van der Waals surface area (Å²) in [5.41, 5.74) is 24.4. The molecule has 29 nitrogen and oxygen atoms in total. The molecular formula is C118H127N19O10. The van der Waals surface area contributed by atoms with Crippen molar-refractivity contribution in [3.8, 4) is 78.4 Å². The Labute approximate surface area is 855 Å². The molecule has 0 bridgehead atoms. The standard InChI is InChI=1S/C43H51N9O6.C39H37N5O2.C36H39N5O2/c1-24(2)36(49-42(55)57-5)40(53)51-17-7-9-34(51)38-45-22-32(47-38)27-13-11-26(12-14-27)28-15-16-29-19-30(21-44-31(29)20-28)33-23-46-39(48-33)35-10-8-18-52(35)41(54)37(25(3)4)50-43(56)58-6;45-39(46-25-26-7-2-1-3-8-26)44-18-6-11-37(44)35-21-33(23-41-35)32-19-31-17-16-30(20-34(31)40-22-32)27-12-14-28(15-13-27)36-24-42-38(43-36)29-9-4-5-10-29;1-36(2,3)43-35(42)41-16-6-9-33(41)31-19-29(21-38-31)28-17-27-15-14-26(18-30(27)37-20-28)23-10-12-24(13-11-23)32-22-39-34(40-32)25-7-4-5-8-25/h11-16,19-25,34-37H,7-10,17-18H2,1-6H3,(H,45,47)(H,46,48)(H,49,55)(H,50,56);1-3,7-8,12-17,19-20,22-24,29,37H,4-6,9-11,18,21,25H2,(H,42,43);10-15,17-18,20-22,25,33H,4-9,16,19H2,1-3H3,(H,39,40)/t34-,35-,36-,37-;37-;33-/m011/s1. The molecule has 0 unspecified atom stereocenters. The molecular weight excluding hydrogens is 1840 g/mol. The number of allylic oxidation sites excluding steroid dienone is 2. The van der Waals surface area contributed by atoms with Crippen molar-refractivity contribution in [1.82, 2.24) is 85.1 Å². The minimum Gasteiger partial charge on any atom is -0.453 e. The predicted molar refractivity (Wildman–Crippen MR) is 572 cm³/mol. The van der Waals surface area contributed by atoms with Crippen molar-refractivity contribution >= 4 is 91.5 Å². The van der Waals surface area contributed by atoms with Gasteiger partial charge in [-0.3, -0.25) is 44.3 Å². The predicted octanol–water partition coefficient (Wildman–Crippen LogP) is 24.2. The summed E-state index contributed by atoms with van der Waals surface area (Å²) in [7, 11) is 2.58. The summed E-state index contributed by atoms with van der Waals surface area (Å²) >= 11 is 0. The quantitative estimate of drug-likeness (QED) is 0.0324. The highest BCUT2D eigenvalue weighted by molar-refractivity contribution is 6.05. The smallest absolute Gasteiger partial charge is 0.410 e. The van der Waals surface area contributed by atoms with E-state index in [9.17, 15) is 28.8 Å².